The van der Waals surface area contributed by atoms with Crippen molar-refractivity contribution >= 4 is 34.9 Å². The van der Waals surface area contributed by atoms with Crippen LogP contribution in [0.1, 0.15) is 16.8 Å². The molecular formula is C17H17ClN2O3. The summed E-state index contributed by atoms with van der Waals surface area (Å²) in [6.07, 6.45) is 0.272. The van der Waals surface area contributed by atoms with E-state index >= 15 is 0 Å². The molecule has 5 nitrogen and oxygen atoms in total. The minimum absolute atomic E-state index is 0.197. The van der Waals surface area contributed by atoms with Crippen LogP contribution in [0.15, 0.2) is 48.5 Å². The van der Waals surface area contributed by atoms with E-state index in [2.05, 4.69) is 15.4 Å². The van der Waals surface area contributed by atoms with Crippen molar-refractivity contribution in [1.29, 1.82) is 0 Å². The molecule has 2 aromatic rings. The summed E-state index contributed by atoms with van der Waals surface area (Å²) < 4.78 is 4.65. The lowest BCUT2D eigenvalue weighted by molar-refractivity contribution is -0.115. The molecule has 0 aliphatic heterocycles. The highest BCUT2D eigenvalue weighted by Crippen LogP contribution is 2.23. The van der Waals surface area contributed by atoms with E-state index in [-0.39, 0.29) is 12.3 Å². The quantitative estimate of drug-likeness (QED) is 0.794. The third kappa shape index (κ3) is 5.00. The highest BCUT2D eigenvalue weighted by atomic mass is 35.5. The third-order valence-electron chi connectivity index (χ3n) is 3.12. The van der Waals surface area contributed by atoms with Gasteiger partial charge in [-0.1, -0.05) is 29.8 Å². The van der Waals surface area contributed by atoms with Gasteiger partial charge in [-0.25, -0.2) is 4.79 Å². The molecule has 0 bridgehead atoms. The summed E-state index contributed by atoms with van der Waals surface area (Å²) in [5.74, 6) is -0.680. The number of esters is 1. The Balaban J connectivity index is 1.91. The third-order valence-corrected chi connectivity index (χ3v) is 3.45. The van der Waals surface area contributed by atoms with Crippen LogP contribution in [0, 0.1) is 0 Å². The number of halogens is 1. The molecule has 2 N–H and O–H groups in total. The van der Waals surface area contributed by atoms with Gasteiger partial charge in [-0.05, 0) is 30.3 Å². The van der Waals surface area contributed by atoms with Crippen LogP contribution in [0.3, 0.4) is 0 Å². The van der Waals surface area contributed by atoms with Crippen LogP contribution in [0.5, 0.6) is 0 Å². The Morgan fingerprint density at radius 1 is 1.13 bits per heavy atom. The number of carbonyl (C=O) groups excluding carboxylic acids is 2. The zero-order valence-electron chi connectivity index (χ0n) is 12.6. The normalized spacial score (nSPS) is 10.0. The van der Waals surface area contributed by atoms with Crippen molar-refractivity contribution < 1.29 is 14.3 Å². The van der Waals surface area contributed by atoms with E-state index in [4.69, 9.17) is 11.6 Å². The molecule has 6 heteroatoms. The van der Waals surface area contributed by atoms with Gasteiger partial charge in [-0.3, -0.25) is 4.79 Å². The Kier molecular flexibility index (Phi) is 6.00. The molecule has 2 rings (SSSR count). The van der Waals surface area contributed by atoms with E-state index < -0.39 is 5.97 Å². The van der Waals surface area contributed by atoms with Crippen LogP contribution in [-0.2, 0) is 9.53 Å². The smallest absolute Gasteiger partial charge is 0.337 e. The Morgan fingerprint density at radius 3 is 2.57 bits per heavy atom. The van der Waals surface area contributed by atoms with Gasteiger partial charge in [-0.15, -0.1) is 0 Å². The van der Waals surface area contributed by atoms with Gasteiger partial charge in [0.15, 0.2) is 0 Å². The zero-order chi connectivity index (χ0) is 16.7. The number of anilines is 2. The number of rotatable bonds is 6. The monoisotopic (exact) mass is 332 g/mol. The van der Waals surface area contributed by atoms with Crippen molar-refractivity contribution in [2.24, 2.45) is 0 Å². The Labute approximate surface area is 139 Å². The summed E-state index contributed by atoms with van der Waals surface area (Å²) in [4.78, 5) is 23.5. The van der Waals surface area contributed by atoms with Gasteiger partial charge in [0, 0.05) is 18.7 Å². The van der Waals surface area contributed by atoms with Crippen LogP contribution >= 0.6 is 11.6 Å². The van der Waals surface area contributed by atoms with Gasteiger partial charge in [0.05, 0.1) is 23.4 Å². The average Bonchev–Trinajstić information content (AvgIpc) is 2.57. The summed E-state index contributed by atoms with van der Waals surface area (Å²) in [6.45, 7) is 0.490. The summed E-state index contributed by atoms with van der Waals surface area (Å²) in [6, 6.07) is 14.2. The molecule has 0 saturated carbocycles. The fourth-order valence-electron chi connectivity index (χ4n) is 1.95. The molecule has 2 aromatic carbocycles. The number of hydrogen-bond donors (Lipinski definition) is 2. The second-order valence-corrected chi connectivity index (χ2v) is 5.18. The van der Waals surface area contributed by atoms with Crippen molar-refractivity contribution in [2.45, 2.75) is 6.42 Å². The summed E-state index contributed by atoms with van der Waals surface area (Å²) >= 11 is 6.04. The number of hydrogen-bond acceptors (Lipinski definition) is 4. The molecule has 0 atom stereocenters. The van der Waals surface area contributed by atoms with Crippen LogP contribution < -0.4 is 10.6 Å². The van der Waals surface area contributed by atoms with E-state index in [1.165, 1.54) is 13.2 Å². The van der Waals surface area contributed by atoms with Crippen molar-refractivity contribution in [1.82, 2.24) is 0 Å². The number of ether oxygens (including phenoxy) is 1. The number of carbonyl (C=O) groups is 2. The average molecular weight is 333 g/mol. The Morgan fingerprint density at radius 2 is 1.87 bits per heavy atom. The number of para-hydroxylation sites is 1. The SMILES string of the molecule is COC(=O)c1ccc(Cl)c(NC(=O)CCNc2ccccc2)c1. The molecule has 0 aliphatic rings. The van der Waals surface area contributed by atoms with E-state index in [0.717, 1.165) is 5.69 Å². The van der Waals surface area contributed by atoms with Crippen LogP contribution in [0.25, 0.3) is 0 Å². The van der Waals surface area contributed by atoms with Gasteiger partial charge in [0.2, 0.25) is 5.91 Å². The predicted octanol–water partition coefficient (Wildman–Crippen LogP) is 3.57. The molecule has 0 saturated heterocycles. The molecule has 120 valence electrons. The zero-order valence-corrected chi connectivity index (χ0v) is 13.4. The largest absolute Gasteiger partial charge is 0.465 e. The molecular weight excluding hydrogens is 316 g/mol. The summed E-state index contributed by atoms with van der Waals surface area (Å²) in [7, 11) is 1.30. The molecule has 0 aliphatic carbocycles. The van der Waals surface area contributed by atoms with Crippen LogP contribution in [0.4, 0.5) is 11.4 Å². The molecule has 0 unspecified atom stereocenters. The molecule has 1 amide bonds. The number of amides is 1. The first-order chi connectivity index (χ1) is 11.1. The van der Waals surface area contributed by atoms with Crippen molar-refractivity contribution in [3.63, 3.8) is 0 Å². The maximum Gasteiger partial charge on any atom is 0.337 e. The molecule has 23 heavy (non-hydrogen) atoms. The maximum atomic E-state index is 12.0. The van der Waals surface area contributed by atoms with Crippen LogP contribution in [0.2, 0.25) is 5.02 Å². The second kappa shape index (κ2) is 8.19. The van der Waals surface area contributed by atoms with Gasteiger partial charge in [0.25, 0.3) is 0 Å². The summed E-state index contributed by atoms with van der Waals surface area (Å²) in [5, 5.41) is 6.21. The minimum atomic E-state index is -0.483. The Bertz CT molecular complexity index is 689. The standard InChI is InChI=1S/C17H17ClN2O3/c1-23-17(22)12-7-8-14(18)15(11-12)20-16(21)9-10-19-13-5-3-2-4-6-13/h2-8,11,19H,9-10H2,1H3,(H,20,21). The molecule has 0 fully saturated rings. The molecule has 0 aromatic heterocycles. The first-order valence-corrected chi connectivity index (χ1v) is 7.44. The van der Waals surface area contributed by atoms with E-state index in [9.17, 15) is 9.59 Å². The first kappa shape index (κ1) is 16.8. The first-order valence-electron chi connectivity index (χ1n) is 7.07. The van der Waals surface area contributed by atoms with Gasteiger partial charge in [0.1, 0.15) is 0 Å². The van der Waals surface area contributed by atoms with Crippen LogP contribution in [-0.4, -0.2) is 25.5 Å². The van der Waals surface area contributed by atoms with E-state index in [1.807, 2.05) is 30.3 Å². The van der Waals surface area contributed by atoms with E-state index in [0.29, 0.717) is 22.8 Å². The van der Waals surface area contributed by atoms with Gasteiger partial charge in [-0.2, -0.15) is 0 Å². The van der Waals surface area contributed by atoms with Gasteiger partial charge < -0.3 is 15.4 Å². The van der Waals surface area contributed by atoms with Crippen molar-refractivity contribution in [3.8, 4) is 0 Å². The molecule has 0 spiro atoms. The van der Waals surface area contributed by atoms with Gasteiger partial charge >= 0.3 is 5.97 Å². The predicted molar refractivity (Wildman–Crippen MR) is 91.0 cm³/mol. The lowest BCUT2D eigenvalue weighted by Gasteiger charge is -2.10. The lowest BCUT2D eigenvalue weighted by atomic mass is 10.2. The van der Waals surface area contributed by atoms with Crippen molar-refractivity contribution in [3.05, 3.63) is 59.1 Å². The fourth-order valence-corrected chi connectivity index (χ4v) is 2.12. The maximum absolute atomic E-state index is 12.0. The number of benzene rings is 2. The molecule has 0 radical (unpaired) electrons. The van der Waals surface area contributed by atoms with Crippen molar-refractivity contribution in [2.75, 3.05) is 24.3 Å². The Hall–Kier alpha value is -2.53. The number of nitrogens with one attached hydrogen (secondary N) is 2. The highest BCUT2D eigenvalue weighted by molar-refractivity contribution is 6.33. The topological polar surface area (TPSA) is 67.4 Å². The lowest BCUT2D eigenvalue weighted by Crippen LogP contribution is -2.17. The summed E-state index contributed by atoms with van der Waals surface area (Å²) in [5.41, 5.74) is 1.67. The highest BCUT2D eigenvalue weighted by Gasteiger charge is 2.11. The van der Waals surface area contributed by atoms with E-state index in [1.54, 1.807) is 12.1 Å². The second-order valence-electron chi connectivity index (χ2n) is 4.78. The minimum Gasteiger partial charge on any atom is -0.465 e. The number of methoxy groups -OCH3 is 1. The fraction of sp³-hybridized carbons (Fsp3) is 0.176. The molecule has 0 heterocycles.